The smallest absolute Gasteiger partial charge is 0.416 e. The number of ether oxygens (including phenoxy) is 1. The van der Waals surface area contributed by atoms with Crippen molar-refractivity contribution in [3.63, 3.8) is 0 Å². The Morgan fingerprint density at radius 1 is 0.894 bits per heavy atom. The van der Waals surface area contributed by atoms with Gasteiger partial charge in [-0.1, -0.05) is 56.7 Å². The number of nitrogens with one attached hydrogen (secondary N) is 1. The molecule has 250 valence electrons. The summed E-state index contributed by atoms with van der Waals surface area (Å²) < 4.78 is 44.3. The molecule has 0 spiro atoms. The highest BCUT2D eigenvalue weighted by Gasteiger charge is 2.52. The number of anilines is 1. The average molecular weight is 657 g/mol. The van der Waals surface area contributed by atoms with Gasteiger partial charge in [0.1, 0.15) is 6.61 Å². The Kier molecular flexibility index (Phi) is 11.5. The largest absolute Gasteiger partial charge is 0.480 e. The molecule has 1 atom stereocenters. The number of carbonyl (C=O) groups excluding carboxylic acids is 3. The molecule has 0 aliphatic heterocycles. The Bertz CT molecular complexity index is 1640. The number of carbonyl (C=O) groups is 5. The topological polar surface area (TPSA) is 150 Å². The van der Waals surface area contributed by atoms with E-state index in [1.165, 1.54) is 62.3 Å². The summed E-state index contributed by atoms with van der Waals surface area (Å²) in [7, 11) is 2.95. The Morgan fingerprint density at radius 3 is 2.06 bits per heavy atom. The predicted octanol–water partition coefficient (Wildman–Crippen LogP) is 6.00. The maximum Gasteiger partial charge on any atom is 0.416 e. The van der Waals surface area contributed by atoms with Gasteiger partial charge in [0.15, 0.2) is 0 Å². The molecule has 47 heavy (non-hydrogen) atoms. The molecule has 10 nitrogen and oxygen atoms in total. The van der Waals surface area contributed by atoms with Gasteiger partial charge in [0.05, 0.1) is 23.2 Å². The Morgan fingerprint density at radius 2 is 1.51 bits per heavy atom. The zero-order valence-electron chi connectivity index (χ0n) is 26.2. The van der Waals surface area contributed by atoms with Gasteiger partial charge in [0.25, 0.3) is 11.8 Å². The molecule has 13 heteroatoms. The van der Waals surface area contributed by atoms with Gasteiger partial charge in [-0.15, -0.1) is 0 Å². The van der Waals surface area contributed by atoms with Gasteiger partial charge in [-0.25, -0.2) is 0 Å². The first-order valence-corrected chi connectivity index (χ1v) is 14.6. The molecule has 0 bridgehead atoms. The minimum Gasteiger partial charge on any atom is -0.480 e. The first-order valence-electron chi connectivity index (χ1n) is 14.6. The van der Waals surface area contributed by atoms with E-state index in [1.807, 2.05) is 0 Å². The maximum atomic E-state index is 13.4. The van der Waals surface area contributed by atoms with E-state index in [1.54, 1.807) is 25.1 Å². The Labute approximate surface area is 269 Å². The third kappa shape index (κ3) is 8.34. The molecule has 1 unspecified atom stereocenters. The lowest BCUT2D eigenvalue weighted by Gasteiger charge is -2.30. The normalized spacial score (nSPS) is 12.1. The molecule has 3 N–H and O–H groups in total. The van der Waals surface area contributed by atoms with E-state index in [2.05, 4.69) is 5.32 Å². The van der Waals surface area contributed by atoms with E-state index in [4.69, 9.17) is 4.74 Å². The Hall–Kier alpha value is -5.20. The third-order valence-corrected chi connectivity index (χ3v) is 7.80. The third-order valence-electron chi connectivity index (χ3n) is 7.80. The van der Waals surface area contributed by atoms with Crippen molar-refractivity contribution in [2.45, 2.75) is 39.3 Å². The molecule has 0 radical (unpaired) electrons. The van der Waals surface area contributed by atoms with Crippen LogP contribution < -0.4 is 5.32 Å². The van der Waals surface area contributed by atoms with E-state index in [0.717, 1.165) is 12.1 Å². The van der Waals surface area contributed by atoms with E-state index >= 15 is 0 Å². The minimum absolute atomic E-state index is 0.00245. The molecule has 0 saturated heterocycles. The molecule has 3 aromatic carbocycles. The number of benzene rings is 3. The maximum absolute atomic E-state index is 13.4. The number of rotatable bonds is 13. The van der Waals surface area contributed by atoms with Crippen LogP contribution in [0.4, 0.5) is 18.9 Å². The van der Waals surface area contributed by atoms with Gasteiger partial charge < -0.3 is 25.2 Å². The number of hydrogen-bond acceptors (Lipinski definition) is 6. The van der Waals surface area contributed by atoms with Crippen LogP contribution in [0.5, 0.6) is 0 Å². The average Bonchev–Trinajstić information content (AvgIpc) is 3.01. The van der Waals surface area contributed by atoms with Gasteiger partial charge in [-0.2, -0.15) is 13.2 Å². The number of carboxylic acids is 2. The number of esters is 1. The van der Waals surface area contributed by atoms with E-state index in [0.29, 0.717) is 17.5 Å². The number of aliphatic carboxylic acids is 2. The molecule has 0 aliphatic carbocycles. The fraction of sp³-hybridized carbons (Fsp3) is 0.324. The first-order chi connectivity index (χ1) is 22.0. The van der Waals surface area contributed by atoms with Gasteiger partial charge in [0, 0.05) is 19.7 Å². The van der Waals surface area contributed by atoms with Gasteiger partial charge >= 0.3 is 24.1 Å². The highest BCUT2D eigenvalue weighted by molar-refractivity contribution is 6.12. The van der Waals surface area contributed by atoms with Crippen molar-refractivity contribution < 1.29 is 52.1 Å². The monoisotopic (exact) mass is 656 g/mol. The molecular weight excluding hydrogens is 621 g/mol. The van der Waals surface area contributed by atoms with Crippen molar-refractivity contribution in [2.75, 3.05) is 26.0 Å². The molecule has 2 amide bonds. The number of hydrogen-bond donors (Lipinski definition) is 3. The summed E-state index contributed by atoms with van der Waals surface area (Å²) in [5, 5.41) is 22.2. The second-order valence-electron chi connectivity index (χ2n) is 11.3. The van der Waals surface area contributed by atoms with Crippen molar-refractivity contribution in [3.05, 3.63) is 89.0 Å². The van der Waals surface area contributed by atoms with Crippen LogP contribution in [-0.4, -0.2) is 65.5 Å². The molecule has 3 aromatic rings. The summed E-state index contributed by atoms with van der Waals surface area (Å²) in [4.78, 5) is 64.6. The first kappa shape index (κ1) is 36.3. The van der Waals surface area contributed by atoms with Crippen LogP contribution in [-0.2, 0) is 31.7 Å². The lowest BCUT2D eigenvalue weighted by molar-refractivity contribution is -0.177. The summed E-state index contributed by atoms with van der Waals surface area (Å²) >= 11 is 0. The van der Waals surface area contributed by atoms with Crippen LogP contribution in [0.15, 0.2) is 66.7 Å². The van der Waals surface area contributed by atoms with Crippen LogP contribution >= 0.6 is 0 Å². The second-order valence-corrected chi connectivity index (χ2v) is 11.3. The molecule has 0 aromatic heterocycles. The van der Waals surface area contributed by atoms with Crippen LogP contribution in [0.3, 0.4) is 0 Å². The highest BCUT2D eigenvalue weighted by Crippen LogP contribution is 2.34. The molecule has 3 rings (SSSR count). The number of halogens is 3. The van der Waals surface area contributed by atoms with Crippen molar-refractivity contribution in [3.8, 4) is 11.1 Å². The SMILES string of the molecule is CCCC(C)C(COC(=O)Cc1ccc(NC(=O)c2ccccc2-c2ccc(C(F)(F)F)cc2)c(C(=O)N(C)C)c1)(C(=O)O)C(=O)O. The highest BCUT2D eigenvalue weighted by atomic mass is 19.4. The van der Waals surface area contributed by atoms with E-state index < -0.39 is 65.8 Å². The lowest BCUT2D eigenvalue weighted by atomic mass is 9.74. The lowest BCUT2D eigenvalue weighted by Crippen LogP contribution is -2.49. The molecule has 0 saturated carbocycles. The molecular formula is C34H35F3N2O8. The van der Waals surface area contributed by atoms with Crippen LogP contribution in [0.25, 0.3) is 11.1 Å². The number of nitrogens with zero attached hydrogens (tertiary/aromatic N) is 1. The number of alkyl halides is 3. The zero-order valence-corrected chi connectivity index (χ0v) is 26.2. The number of amides is 2. The zero-order chi connectivity index (χ0) is 35.1. The van der Waals surface area contributed by atoms with Crippen molar-refractivity contribution in [2.24, 2.45) is 11.3 Å². The fourth-order valence-electron chi connectivity index (χ4n) is 5.06. The number of carboxylic acid groups (broad SMARTS) is 2. The summed E-state index contributed by atoms with van der Waals surface area (Å²) in [6.45, 7) is 2.34. The fourth-order valence-corrected chi connectivity index (χ4v) is 5.06. The van der Waals surface area contributed by atoms with Crippen molar-refractivity contribution in [1.29, 1.82) is 0 Å². The van der Waals surface area contributed by atoms with Crippen LogP contribution in [0.2, 0.25) is 0 Å². The van der Waals surface area contributed by atoms with Gasteiger partial charge in [-0.3, -0.25) is 24.0 Å². The summed E-state index contributed by atoms with van der Waals surface area (Å²) in [5.74, 6) is -6.20. The summed E-state index contributed by atoms with van der Waals surface area (Å²) in [5.41, 5.74) is -2.00. The molecule has 0 aliphatic rings. The predicted molar refractivity (Wildman–Crippen MR) is 166 cm³/mol. The molecule has 0 heterocycles. The van der Waals surface area contributed by atoms with E-state index in [-0.39, 0.29) is 28.8 Å². The standard InChI is InChI=1S/C34H35F3N2O8/c1-5-8-20(2)33(31(43)44,32(45)46)19-47-28(40)18-21-11-16-27(26(17-21)30(42)39(3)4)38-29(41)25-10-7-6-9-24(25)22-12-14-23(15-13-22)34(35,36)37/h6-7,9-17,20H,5,8,18-19H2,1-4H3,(H,38,41)(H,43,44)(H,45,46). The van der Waals surface area contributed by atoms with Gasteiger partial charge in [0.2, 0.25) is 5.41 Å². The quantitative estimate of drug-likeness (QED) is 0.150. The van der Waals surface area contributed by atoms with Crippen LogP contribution in [0, 0.1) is 11.3 Å². The van der Waals surface area contributed by atoms with Gasteiger partial charge in [-0.05, 0) is 59.4 Å². The summed E-state index contributed by atoms with van der Waals surface area (Å²) in [6, 6.07) is 14.8. The Balaban J connectivity index is 1.87. The molecule has 0 fully saturated rings. The van der Waals surface area contributed by atoms with Crippen molar-refractivity contribution >= 4 is 35.4 Å². The second kappa shape index (κ2) is 14.9. The van der Waals surface area contributed by atoms with Crippen LogP contribution in [0.1, 0.15) is 58.5 Å². The minimum atomic E-state index is -4.53. The van der Waals surface area contributed by atoms with E-state index in [9.17, 15) is 47.4 Å². The van der Waals surface area contributed by atoms with Crippen molar-refractivity contribution in [1.82, 2.24) is 4.90 Å². The summed E-state index contributed by atoms with van der Waals surface area (Å²) in [6.07, 6.45) is -4.17.